The Bertz CT molecular complexity index is 684. The van der Waals surface area contributed by atoms with Crippen molar-refractivity contribution in [2.75, 3.05) is 5.32 Å². The summed E-state index contributed by atoms with van der Waals surface area (Å²) in [5.74, 6) is -0.0126. The van der Waals surface area contributed by atoms with Crippen LogP contribution in [0.4, 0.5) is 5.82 Å². The summed E-state index contributed by atoms with van der Waals surface area (Å²) in [6.45, 7) is 1.91. The first-order valence-electron chi connectivity index (χ1n) is 5.52. The molecule has 2 aromatic rings. The highest BCUT2D eigenvalue weighted by molar-refractivity contribution is 9.10. The maximum absolute atomic E-state index is 12.1. The van der Waals surface area contributed by atoms with E-state index in [1.54, 1.807) is 25.4 Å². The fraction of sp³-hybridized carbons (Fsp3) is 0.154. The van der Waals surface area contributed by atoms with Crippen molar-refractivity contribution in [2.24, 2.45) is 7.05 Å². The van der Waals surface area contributed by atoms with Gasteiger partial charge in [-0.05, 0) is 30.7 Å². The van der Waals surface area contributed by atoms with E-state index < -0.39 is 0 Å². The quantitative estimate of drug-likeness (QED) is 0.925. The minimum atomic E-state index is -0.286. The van der Waals surface area contributed by atoms with Crippen LogP contribution in [0.15, 0.2) is 28.9 Å². The van der Waals surface area contributed by atoms with Crippen LogP contribution < -0.4 is 5.32 Å². The van der Waals surface area contributed by atoms with E-state index in [4.69, 9.17) is 5.26 Å². The Morgan fingerprint density at radius 2 is 2.26 bits per heavy atom. The van der Waals surface area contributed by atoms with Crippen molar-refractivity contribution in [3.05, 3.63) is 45.6 Å². The summed E-state index contributed by atoms with van der Waals surface area (Å²) in [5, 5.41) is 15.6. The molecule has 96 valence electrons. The lowest BCUT2D eigenvalue weighted by atomic mass is 10.1. The van der Waals surface area contributed by atoms with Gasteiger partial charge in [-0.2, -0.15) is 10.4 Å². The monoisotopic (exact) mass is 318 g/mol. The first kappa shape index (κ1) is 13.3. The van der Waals surface area contributed by atoms with Crippen molar-refractivity contribution in [2.45, 2.75) is 6.92 Å². The Hall–Kier alpha value is -2.13. The minimum absolute atomic E-state index is 0.274. The summed E-state index contributed by atoms with van der Waals surface area (Å²) in [6.07, 6.45) is 1.56. The van der Waals surface area contributed by atoms with Crippen molar-refractivity contribution in [3.63, 3.8) is 0 Å². The molecule has 0 saturated heterocycles. The number of hydrogen-bond donors (Lipinski definition) is 1. The predicted octanol–water partition coefficient (Wildman–Crippen LogP) is 2.62. The van der Waals surface area contributed by atoms with Gasteiger partial charge in [0.05, 0.1) is 0 Å². The number of aryl methyl sites for hydroxylation is 2. The number of anilines is 1. The molecule has 0 spiro atoms. The maximum atomic E-state index is 12.1. The second kappa shape index (κ2) is 5.24. The molecule has 0 aliphatic carbocycles. The third-order valence-electron chi connectivity index (χ3n) is 2.60. The van der Waals surface area contributed by atoms with Crippen LogP contribution in [-0.4, -0.2) is 15.7 Å². The number of halogens is 1. The third-order valence-corrected chi connectivity index (χ3v) is 3.49. The van der Waals surface area contributed by atoms with Crippen molar-refractivity contribution in [1.29, 1.82) is 5.26 Å². The molecule has 2 rings (SSSR count). The first-order chi connectivity index (χ1) is 9.01. The number of aromatic nitrogens is 2. The smallest absolute Gasteiger partial charge is 0.256 e. The zero-order valence-electron chi connectivity index (χ0n) is 10.4. The summed E-state index contributed by atoms with van der Waals surface area (Å²) >= 11 is 3.38. The zero-order valence-corrected chi connectivity index (χ0v) is 12.0. The number of nitrogens with zero attached hydrogens (tertiary/aromatic N) is 3. The van der Waals surface area contributed by atoms with Gasteiger partial charge in [-0.25, -0.2) is 0 Å². The van der Waals surface area contributed by atoms with Crippen LogP contribution in [0.2, 0.25) is 0 Å². The molecule has 0 fully saturated rings. The Labute approximate surface area is 119 Å². The summed E-state index contributed by atoms with van der Waals surface area (Å²) in [6, 6.07) is 7.28. The van der Waals surface area contributed by atoms with E-state index in [0.29, 0.717) is 11.1 Å². The number of carbonyl (C=O) groups is 1. The van der Waals surface area contributed by atoms with E-state index >= 15 is 0 Å². The summed E-state index contributed by atoms with van der Waals surface area (Å²) in [5.41, 5.74) is 1.83. The van der Waals surface area contributed by atoms with Crippen LogP contribution in [0.3, 0.4) is 0 Å². The van der Waals surface area contributed by atoms with Gasteiger partial charge < -0.3 is 5.32 Å². The number of hydrogen-bond acceptors (Lipinski definition) is 3. The van der Waals surface area contributed by atoms with Crippen molar-refractivity contribution < 1.29 is 4.79 Å². The average Bonchev–Trinajstić information content (AvgIpc) is 2.72. The second-order valence-corrected chi connectivity index (χ2v) is 4.95. The Morgan fingerprint density at radius 3 is 2.89 bits per heavy atom. The van der Waals surface area contributed by atoms with E-state index in [2.05, 4.69) is 26.3 Å². The molecule has 5 nitrogen and oxygen atoms in total. The van der Waals surface area contributed by atoms with E-state index in [0.717, 1.165) is 10.0 Å². The van der Waals surface area contributed by atoms with Gasteiger partial charge in [-0.3, -0.25) is 9.48 Å². The number of benzene rings is 1. The van der Waals surface area contributed by atoms with E-state index in [9.17, 15) is 4.79 Å². The van der Waals surface area contributed by atoms with Gasteiger partial charge in [0.2, 0.25) is 0 Å². The number of amides is 1. The van der Waals surface area contributed by atoms with Gasteiger partial charge in [0.1, 0.15) is 11.6 Å². The Kier molecular flexibility index (Phi) is 3.67. The summed E-state index contributed by atoms with van der Waals surface area (Å²) < 4.78 is 2.43. The lowest BCUT2D eigenvalue weighted by Crippen LogP contribution is -2.13. The maximum Gasteiger partial charge on any atom is 0.256 e. The summed E-state index contributed by atoms with van der Waals surface area (Å²) in [4.78, 5) is 12.1. The van der Waals surface area contributed by atoms with Gasteiger partial charge in [-0.15, -0.1) is 0 Å². The molecule has 0 aliphatic rings. The Balaban J connectivity index is 2.26. The standard InChI is InChI=1S/C13H11BrN4O/c1-8-5-9(3-4-11(8)14)13(19)16-12-10(6-15)7-18(2)17-12/h3-5,7H,1-2H3,(H,16,17,19). The molecule has 1 amide bonds. The van der Waals surface area contributed by atoms with Crippen LogP contribution in [0.25, 0.3) is 0 Å². The van der Waals surface area contributed by atoms with Crippen LogP contribution in [0.5, 0.6) is 0 Å². The molecule has 0 aliphatic heterocycles. The highest BCUT2D eigenvalue weighted by atomic mass is 79.9. The highest BCUT2D eigenvalue weighted by Crippen LogP contribution is 2.18. The molecule has 0 atom stereocenters. The molecule has 0 bridgehead atoms. The molecule has 1 heterocycles. The summed E-state index contributed by atoms with van der Waals surface area (Å²) in [7, 11) is 1.69. The molecule has 0 unspecified atom stereocenters. The van der Waals surface area contributed by atoms with Crippen molar-refractivity contribution in [3.8, 4) is 6.07 Å². The number of carbonyl (C=O) groups excluding carboxylic acids is 1. The van der Waals surface area contributed by atoms with Gasteiger partial charge in [0, 0.05) is 23.3 Å². The van der Waals surface area contributed by atoms with Crippen LogP contribution in [-0.2, 0) is 7.05 Å². The fourth-order valence-electron chi connectivity index (χ4n) is 1.63. The first-order valence-corrected chi connectivity index (χ1v) is 6.32. The molecular formula is C13H11BrN4O. The minimum Gasteiger partial charge on any atom is -0.304 e. The lowest BCUT2D eigenvalue weighted by molar-refractivity contribution is 0.102. The molecule has 19 heavy (non-hydrogen) atoms. The number of nitriles is 1. The van der Waals surface area contributed by atoms with Crippen molar-refractivity contribution in [1.82, 2.24) is 9.78 Å². The highest BCUT2D eigenvalue weighted by Gasteiger charge is 2.13. The molecule has 0 radical (unpaired) electrons. The number of nitrogens with one attached hydrogen (secondary N) is 1. The van der Waals surface area contributed by atoms with Crippen LogP contribution in [0.1, 0.15) is 21.5 Å². The van der Waals surface area contributed by atoms with Gasteiger partial charge in [0.25, 0.3) is 5.91 Å². The third kappa shape index (κ3) is 2.83. The molecular weight excluding hydrogens is 308 g/mol. The normalized spacial score (nSPS) is 10.0. The predicted molar refractivity (Wildman–Crippen MR) is 74.8 cm³/mol. The average molecular weight is 319 g/mol. The molecule has 6 heteroatoms. The molecule has 1 N–H and O–H groups in total. The number of rotatable bonds is 2. The van der Waals surface area contributed by atoms with E-state index in [1.165, 1.54) is 4.68 Å². The molecule has 0 saturated carbocycles. The van der Waals surface area contributed by atoms with Crippen LogP contribution in [0, 0.1) is 18.3 Å². The largest absolute Gasteiger partial charge is 0.304 e. The van der Waals surface area contributed by atoms with E-state index in [-0.39, 0.29) is 11.7 Å². The second-order valence-electron chi connectivity index (χ2n) is 4.09. The zero-order chi connectivity index (χ0) is 14.0. The molecule has 1 aromatic heterocycles. The van der Waals surface area contributed by atoms with Gasteiger partial charge >= 0.3 is 0 Å². The van der Waals surface area contributed by atoms with Gasteiger partial charge in [-0.1, -0.05) is 15.9 Å². The van der Waals surface area contributed by atoms with Crippen molar-refractivity contribution >= 4 is 27.7 Å². The van der Waals surface area contributed by atoms with E-state index in [1.807, 2.05) is 19.1 Å². The SMILES string of the molecule is Cc1cc(C(=O)Nc2nn(C)cc2C#N)ccc1Br. The van der Waals surface area contributed by atoms with Gasteiger partial charge in [0.15, 0.2) is 5.82 Å². The Morgan fingerprint density at radius 1 is 1.53 bits per heavy atom. The lowest BCUT2D eigenvalue weighted by Gasteiger charge is -2.04. The fourth-order valence-corrected chi connectivity index (χ4v) is 1.87. The topological polar surface area (TPSA) is 70.7 Å². The molecule has 1 aromatic carbocycles. The van der Waals surface area contributed by atoms with Crippen LogP contribution >= 0.6 is 15.9 Å².